The fraction of sp³-hybridized carbons (Fsp3) is 0.625. The number of ether oxygens (including phenoxy) is 1. The molecule has 1 unspecified atom stereocenters. The van der Waals surface area contributed by atoms with Crippen molar-refractivity contribution in [1.82, 2.24) is 5.32 Å². The highest BCUT2D eigenvalue weighted by molar-refractivity contribution is 5.27. The van der Waals surface area contributed by atoms with E-state index in [1.54, 1.807) is 0 Å². The van der Waals surface area contributed by atoms with Gasteiger partial charge in [0, 0.05) is 6.04 Å². The Morgan fingerprint density at radius 1 is 1.22 bits per heavy atom. The largest absolute Gasteiger partial charge is 0.494 e. The molecule has 18 heavy (non-hydrogen) atoms. The lowest BCUT2D eigenvalue weighted by Crippen LogP contribution is -2.34. The van der Waals surface area contributed by atoms with E-state index in [1.807, 2.05) is 0 Å². The van der Waals surface area contributed by atoms with E-state index in [1.165, 1.54) is 44.2 Å². The van der Waals surface area contributed by atoms with Gasteiger partial charge in [-0.2, -0.15) is 0 Å². The summed E-state index contributed by atoms with van der Waals surface area (Å²) in [5.41, 5.74) is 1.42. The summed E-state index contributed by atoms with van der Waals surface area (Å²) in [6.07, 6.45) is 7.58. The third kappa shape index (κ3) is 4.34. The summed E-state index contributed by atoms with van der Waals surface area (Å²) in [6.45, 7) is 4.14. The number of benzene rings is 1. The van der Waals surface area contributed by atoms with Crippen molar-refractivity contribution in [3.8, 4) is 5.75 Å². The minimum absolute atomic E-state index is 0.731. The Balaban J connectivity index is 1.75. The number of hydrogen-bond acceptors (Lipinski definition) is 2. The molecule has 1 aromatic carbocycles. The maximum atomic E-state index is 5.59. The molecular formula is C16H25NO. The van der Waals surface area contributed by atoms with Gasteiger partial charge in [-0.25, -0.2) is 0 Å². The van der Waals surface area contributed by atoms with Gasteiger partial charge < -0.3 is 10.1 Å². The predicted octanol–water partition coefficient (Wildman–Crippen LogP) is 3.55. The lowest BCUT2D eigenvalue weighted by molar-refractivity contribution is 0.317. The third-order valence-corrected chi connectivity index (χ3v) is 3.59. The molecule has 1 saturated heterocycles. The van der Waals surface area contributed by atoms with Gasteiger partial charge in [0.15, 0.2) is 0 Å². The predicted molar refractivity (Wildman–Crippen MR) is 76.2 cm³/mol. The number of nitrogens with one attached hydrogen (secondary N) is 1. The SMILES string of the molecule is CCCOc1ccc(CCC2CCCCN2)cc1. The molecule has 1 aromatic rings. The van der Waals surface area contributed by atoms with Gasteiger partial charge in [-0.1, -0.05) is 25.5 Å². The van der Waals surface area contributed by atoms with Crippen LogP contribution in [0.5, 0.6) is 5.75 Å². The van der Waals surface area contributed by atoms with Gasteiger partial charge in [0.25, 0.3) is 0 Å². The highest BCUT2D eigenvalue weighted by Crippen LogP contribution is 2.16. The van der Waals surface area contributed by atoms with Gasteiger partial charge in [0.1, 0.15) is 5.75 Å². The van der Waals surface area contributed by atoms with Gasteiger partial charge >= 0.3 is 0 Å². The molecule has 1 heterocycles. The molecule has 0 amide bonds. The molecule has 1 atom stereocenters. The van der Waals surface area contributed by atoms with Crippen LogP contribution in [0.25, 0.3) is 0 Å². The summed E-state index contributed by atoms with van der Waals surface area (Å²) in [4.78, 5) is 0. The van der Waals surface area contributed by atoms with Crippen LogP contribution in [0.3, 0.4) is 0 Å². The molecule has 100 valence electrons. The molecular weight excluding hydrogens is 222 g/mol. The first-order valence-electron chi connectivity index (χ1n) is 7.33. The zero-order valence-electron chi connectivity index (χ0n) is 11.5. The van der Waals surface area contributed by atoms with E-state index >= 15 is 0 Å². The molecule has 0 saturated carbocycles. The molecule has 2 heteroatoms. The Bertz CT molecular complexity index is 327. The Kier molecular flexibility index (Phi) is 5.53. The number of hydrogen-bond donors (Lipinski definition) is 1. The second kappa shape index (κ2) is 7.42. The molecule has 1 aliphatic heterocycles. The molecule has 1 fully saturated rings. The molecule has 0 aliphatic carbocycles. The Hall–Kier alpha value is -1.02. The van der Waals surface area contributed by atoms with Crippen molar-refractivity contribution in [2.45, 2.75) is 51.5 Å². The second-order valence-electron chi connectivity index (χ2n) is 5.18. The monoisotopic (exact) mass is 247 g/mol. The van der Waals surface area contributed by atoms with E-state index in [0.29, 0.717) is 0 Å². The van der Waals surface area contributed by atoms with E-state index in [0.717, 1.165) is 24.8 Å². The van der Waals surface area contributed by atoms with Crippen LogP contribution < -0.4 is 10.1 Å². The van der Waals surface area contributed by atoms with Crippen molar-refractivity contribution in [3.05, 3.63) is 29.8 Å². The minimum atomic E-state index is 0.731. The topological polar surface area (TPSA) is 21.3 Å². The second-order valence-corrected chi connectivity index (χ2v) is 5.18. The summed E-state index contributed by atoms with van der Waals surface area (Å²) in [5, 5.41) is 3.60. The quantitative estimate of drug-likeness (QED) is 0.830. The maximum Gasteiger partial charge on any atom is 0.119 e. The Morgan fingerprint density at radius 2 is 2.06 bits per heavy atom. The fourth-order valence-corrected chi connectivity index (χ4v) is 2.48. The van der Waals surface area contributed by atoms with Crippen LogP contribution in [0.1, 0.15) is 44.6 Å². The summed E-state index contributed by atoms with van der Waals surface area (Å²) in [6, 6.07) is 9.33. The molecule has 1 N–H and O–H groups in total. The van der Waals surface area contributed by atoms with E-state index in [2.05, 4.69) is 36.5 Å². The van der Waals surface area contributed by atoms with Gasteiger partial charge in [0.2, 0.25) is 0 Å². The van der Waals surface area contributed by atoms with Crippen LogP contribution >= 0.6 is 0 Å². The van der Waals surface area contributed by atoms with Crippen LogP contribution in [0.15, 0.2) is 24.3 Å². The molecule has 1 aliphatic rings. The van der Waals surface area contributed by atoms with Crippen molar-refractivity contribution in [2.75, 3.05) is 13.2 Å². The molecule has 2 rings (SSSR count). The van der Waals surface area contributed by atoms with Crippen molar-refractivity contribution >= 4 is 0 Å². The summed E-state index contributed by atoms with van der Waals surface area (Å²) < 4.78 is 5.59. The van der Waals surface area contributed by atoms with Gasteiger partial charge in [-0.3, -0.25) is 0 Å². The normalized spacial score (nSPS) is 19.7. The minimum Gasteiger partial charge on any atom is -0.494 e. The average Bonchev–Trinajstić information content (AvgIpc) is 2.45. The van der Waals surface area contributed by atoms with Crippen molar-refractivity contribution < 1.29 is 4.74 Å². The number of aryl methyl sites for hydroxylation is 1. The van der Waals surface area contributed by atoms with E-state index < -0.39 is 0 Å². The summed E-state index contributed by atoms with van der Waals surface area (Å²) in [7, 11) is 0. The average molecular weight is 247 g/mol. The first kappa shape index (κ1) is 13.4. The molecule has 0 radical (unpaired) electrons. The van der Waals surface area contributed by atoms with Gasteiger partial charge in [0.05, 0.1) is 6.61 Å². The third-order valence-electron chi connectivity index (χ3n) is 3.59. The van der Waals surface area contributed by atoms with Crippen LogP contribution in [-0.4, -0.2) is 19.2 Å². The lowest BCUT2D eigenvalue weighted by Gasteiger charge is -2.23. The lowest BCUT2D eigenvalue weighted by atomic mass is 9.98. The molecule has 0 bridgehead atoms. The zero-order chi connectivity index (χ0) is 12.6. The van der Waals surface area contributed by atoms with E-state index in [4.69, 9.17) is 4.74 Å². The van der Waals surface area contributed by atoms with Crippen LogP contribution in [0, 0.1) is 0 Å². The molecule has 0 aromatic heterocycles. The maximum absolute atomic E-state index is 5.59. The molecule has 2 nitrogen and oxygen atoms in total. The van der Waals surface area contributed by atoms with Crippen molar-refractivity contribution in [3.63, 3.8) is 0 Å². The van der Waals surface area contributed by atoms with E-state index in [-0.39, 0.29) is 0 Å². The Morgan fingerprint density at radius 3 is 2.72 bits per heavy atom. The van der Waals surface area contributed by atoms with Crippen molar-refractivity contribution in [1.29, 1.82) is 0 Å². The fourth-order valence-electron chi connectivity index (χ4n) is 2.48. The standard InChI is InChI=1S/C16H25NO/c1-2-13-18-16-10-7-14(8-11-16)6-9-15-5-3-4-12-17-15/h7-8,10-11,15,17H,2-6,9,12-13H2,1H3. The van der Waals surface area contributed by atoms with Crippen LogP contribution in [0.2, 0.25) is 0 Å². The number of piperidine rings is 1. The van der Waals surface area contributed by atoms with E-state index in [9.17, 15) is 0 Å². The van der Waals surface area contributed by atoms with Gasteiger partial charge in [-0.05, 0) is 56.3 Å². The smallest absolute Gasteiger partial charge is 0.119 e. The first-order valence-corrected chi connectivity index (χ1v) is 7.33. The first-order chi connectivity index (χ1) is 8.88. The van der Waals surface area contributed by atoms with Crippen LogP contribution in [0.4, 0.5) is 0 Å². The Labute approximate surface area is 111 Å². The summed E-state index contributed by atoms with van der Waals surface area (Å²) in [5.74, 6) is 0.997. The zero-order valence-corrected chi connectivity index (χ0v) is 11.5. The number of rotatable bonds is 6. The molecule has 0 spiro atoms. The highest BCUT2D eigenvalue weighted by atomic mass is 16.5. The van der Waals surface area contributed by atoms with Crippen LogP contribution in [-0.2, 0) is 6.42 Å². The van der Waals surface area contributed by atoms with Crippen molar-refractivity contribution in [2.24, 2.45) is 0 Å². The van der Waals surface area contributed by atoms with Gasteiger partial charge in [-0.15, -0.1) is 0 Å². The summed E-state index contributed by atoms with van der Waals surface area (Å²) >= 11 is 0. The highest BCUT2D eigenvalue weighted by Gasteiger charge is 2.11.